The molecule has 0 fully saturated rings. The number of urea groups is 1. The zero-order valence-corrected chi connectivity index (χ0v) is 7.77. The normalized spacial score (nSPS) is 10.1. The number of hydrogen-bond donors (Lipinski definition) is 1. The highest BCUT2D eigenvalue weighted by atomic mass is 16.2. The van der Waals surface area contributed by atoms with E-state index >= 15 is 0 Å². The molecule has 0 heterocycles. The van der Waals surface area contributed by atoms with Gasteiger partial charge in [0.2, 0.25) is 0 Å². The van der Waals surface area contributed by atoms with Crippen LogP contribution in [0.1, 0.15) is 0 Å². The number of para-hydroxylation sites is 1. The number of nitrogens with zero attached hydrogens (tertiary/aromatic N) is 2. The van der Waals surface area contributed by atoms with Gasteiger partial charge < -0.3 is 5.73 Å². The molecule has 0 saturated carbocycles. The summed E-state index contributed by atoms with van der Waals surface area (Å²) >= 11 is 0. The molecule has 0 radical (unpaired) electrons. The van der Waals surface area contributed by atoms with Gasteiger partial charge in [-0.05, 0) is 12.1 Å². The van der Waals surface area contributed by atoms with Crippen molar-refractivity contribution in [3.8, 4) is 0 Å². The van der Waals surface area contributed by atoms with E-state index in [-0.39, 0.29) is 0 Å². The summed E-state index contributed by atoms with van der Waals surface area (Å²) in [5.74, 6) is 0. The minimum Gasteiger partial charge on any atom is -0.350 e. The molecule has 1 aromatic rings. The first kappa shape index (κ1) is 9.54. The Hall–Kier alpha value is -1.55. The molecule has 0 aliphatic heterocycles. The standard InChI is InChI=1S/C9H13N3O/c1-11(2)12(9(10)13)8-6-4-3-5-7-8/h3-7H,1-2H3,(H2,10,13). The maximum Gasteiger partial charge on any atom is 0.334 e. The summed E-state index contributed by atoms with van der Waals surface area (Å²) in [6.07, 6.45) is 0. The van der Waals surface area contributed by atoms with E-state index in [0.29, 0.717) is 0 Å². The van der Waals surface area contributed by atoms with Crippen molar-refractivity contribution in [1.82, 2.24) is 5.01 Å². The highest BCUT2D eigenvalue weighted by Crippen LogP contribution is 2.13. The fourth-order valence-corrected chi connectivity index (χ4v) is 1.12. The molecule has 4 heteroatoms. The van der Waals surface area contributed by atoms with Gasteiger partial charge in [-0.3, -0.25) is 0 Å². The fraction of sp³-hybridized carbons (Fsp3) is 0.222. The van der Waals surface area contributed by atoms with E-state index in [4.69, 9.17) is 5.73 Å². The second-order valence-corrected chi connectivity index (χ2v) is 2.83. The number of hydrogen-bond acceptors (Lipinski definition) is 2. The number of anilines is 1. The molecule has 2 amide bonds. The molecule has 70 valence electrons. The Bertz CT molecular complexity index is 284. The lowest BCUT2D eigenvalue weighted by atomic mass is 10.3. The molecular weight excluding hydrogens is 166 g/mol. The number of rotatable bonds is 2. The van der Waals surface area contributed by atoms with Crippen LogP contribution in [0, 0.1) is 0 Å². The van der Waals surface area contributed by atoms with E-state index in [0.717, 1.165) is 5.69 Å². The molecule has 2 N–H and O–H groups in total. The Morgan fingerprint density at radius 3 is 2.15 bits per heavy atom. The van der Waals surface area contributed by atoms with Gasteiger partial charge in [-0.1, -0.05) is 18.2 Å². The number of hydrazine groups is 1. The van der Waals surface area contributed by atoms with Gasteiger partial charge in [-0.25, -0.2) is 14.8 Å². The summed E-state index contributed by atoms with van der Waals surface area (Å²) in [6, 6.07) is 8.76. The molecule has 1 aromatic carbocycles. The summed E-state index contributed by atoms with van der Waals surface area (Å²) in [5, 5.41) is 3.03. The Morgan fingerprint density at radius 2 is 1.77 bits per heavy atom. The number of amides is 2. The third-order valence-corrected chi connectivity index (χ3v) is 1.61. The summed E-state index contributed by atoms with van der Waals surface area (Å²) < 4.78 is 0. The van der Waals surface area contributed by atoms with Crippen LogP contribution in [0.15, 0.2) is 30.3 Å². The largest absolute Gasteiger partial charge is 0.350 e. The summed E-state index contributed by atoms with van der Waals surface area (Å²) in [5.41, 5.74) is 5.98. The monoisotopic (exact) mass is 179 g/mol. The molecule has 0 aliphatic carbocycles. The maximum absolute atomic E-state index is 11.0. The minimum absolute atomic E-state index is 0.490. The fourth-order valence-electron chi connectivity index (χ4n) is 1.12. The molecule has 1 rings (SSSR count). The van der Waals surface area contributed by atoms with E-state index in [2.05, 4.69) is 0 Å². The quantitative estimate of drug-likeness (QED) is 0.690. The molecular formula is C9H13N3O. The topological polar surface area (TPSA) is 49.6 Å². The average Bonchev–Trinajstić information content (AvgIpc) is 2.04. The molecule has 4 nitrogen and oxygen atoms in total. The van der Waals surface area contributed by atoms with Crippen molar-refractivity contribution < 1.29 is 4.79 Å². The van der Waals surface area contributed by atoms with Crippen LogP contribution >= 0.6 is 0 Å². The lowest BCUT2D eigenvalue weighted by molar-refractivity contribution is 0.239. The van der Waals surface area contributed by atoms with Gasteiger partial charge in [-0.2, -0.15) is 0 Å². The second kappa shape index (κ2) is 3.91. The van der Waals surface area contributed by atoms with Gasteiger partial charge in [0.05, 0.1) is 5.69 Å². The third kappa shape index (κ3) is 2.19. The van der Waals surface area contributed by atoms with E-state index in [1.165, 1.54) is 5.01 Å². The van der Waals surface area contributed by atoms with E-state index in [1.807, 2.05) is 30.3 Å². The predicted molar refractivity (Wildman–Crippen MR) is 52.2 cm³/mol. The van der Waals surface area contributed by atoms with Crippen molar-refractivity contribution in [3.63, 3.8) is 0 Å². The molecule has 0 atom stereocenters. The summed E-state index contributed by atoms with van der Waals surface area (Å²) in [4.78, 5) is 11.0. The van der Waals surface area contributed by atoms with Crippen LogP contribution in [0.4, 0.5) is 10.5 Å². The van der Waals surface area contributed by atoms with Crippen molar-refractivity contribution in [3.05, 3.63) is 30.3 Å². The lowest BCUT2D eigenvalue weighted by Gasteiger charge is -2.26. The molecule has 0 aliphatic rings. The predicted octanol–water partition coefficient (Wildman–Crippen LogP) is 1.05. The Kier molecular flexibility index (Phi) is 2.87. The average molecular weight is 179 g/mol. The highest BCUT2D eigenvalue weighted by molar-refractivity contribution is 5.89. The van der Waals surface area contributed by atoms with Crippen LogP contribution in [0.2, 0.25) is 0 Å². The van der Waals surface area contributed by atoms with Crippen LogP contribution in [-0.2, 0) is 0 Å². The van der Waals surface area contributed by atoms with Crippen molar-refractivity contribution in [2.45, 2.75) is 0 Å². The zero-order chi connectivity index (χ0) is 9.84. The smallest absolute Gasteiger partial charge is 0.334 e. The Balaban J connectivity index is 2.96. The van der Waals surface area contributed by atoms with Crippen molar-refractivity contribution in [2.24, 2.45) is 5.73 Å². The molecule has 0 saturated heterocycles. The number of primary amides is 1. The first-order valence-corrected chi connectivity index (χ1v) is 3.95. The maximum atomic E-state index is 11.0. The first-order valence-electron chi connectivity index (χ1n) is 3.95. The van der Waals surface area contributed by atoms with Crippen molar-refractivity contribution >= 4 is 11.7 Å². The van der Waals surface area contributed by atoms with Crippen LogP contribution in [-0.4, -0.2) is 25.1 Å². The van der Waals surface area contributed by atoms with E-state index < -0.39 is 6.03 Å². The minimum atomic E-state index is -0.490. The summed E-state index contributed by atoms with van der Waals surface area (Å²) in [7, 11) is 3.52. The third-order valence-electron chi connectivity index (χ3n) is 1.61. The first-order chi connectivity index (χ1) is 6.13. The highest BCUT2D eigenvalue weighted by Gasteiger charge is 2.13. The van der Waals surface area contributed by atoms with Crippen LogP contribution in [0.3, 0.4) is 0 Å². The van der Waals surface area contributed by atoms with Gasteiger partial charge in [0.15, 0.2) is 0 Å². The number of benzene rings is 1. The van der Waals surface area contributed by atoms with Gasteiger partial charge in [0, 0.05) is 14.1 Å². The van der Waals surface area contributed by atoms with Gasteiger partial charge >= 0.3 is 6.03 Å². The van der Waals surface area contributed by atoms with Crippen LogP contribution < -0.4 is 10.7 Å². The van der Waals surface area contributed by atoms with E-state index in [1.54, 1.807) is 19.1 Å². The van der Waals surface area contributed by atoms with E-state index in [9.17, 15) is 4.79 Å². The Labute approximate surface area is 77.5 Å². The zero-order valence-electron chi connectivity index (χ0n) is 7.77. The summed E-state index contributed by atoms with van der Waals surface area (Å²) in [6.45, 7) is 0. The number of carbonyl (C=O) groups excluding carboxylic acids is 1. The van der Waals surface area contributed by atoms with Gasteiger partial charge in [0.1, 0.15) is 0 Å². The SMILES string of the molecule is CN(C)N(C(N)=O)c1ccccc1. The van der Waals surface area contributed by atoms with Crippen molar-refractivity contribution in [1.29, 1.82) is 0 Å². The Morgan fingerprint density at radius 1 is 1.23 bits per heavy atom. The molecule has 0 spiro atoms. The van der Waals surface area contributed by atoms with Crippen LogP contribution in [0.25, 0.3) is 0 Å². The van der Waals surface area contributed by atoms with Gasteiger partial charge in [-0.15, -0.1) is 0 Å². The van der Waals surface area contributed by atoms with Crippen LogP contribution in [0.5, 0.6) is 0 Å². The molecule has 0 aromatic heterocycles. The molecule has 0 unspecified atom stereocenters. The van der Waals surface area contributed by atoms with Crippen molar-refractivity contribution in [2.75, 3.05) is 19.1 Å². The lowest BCUT2D eigenvalue weighted by Crippen LogP contribution is -2.45. The second-order valence-electron chi connectivity index (χ2n) is 2.83. The van der Waals surface area contributed by atoms with Gasteiger partial charge in [0.25, 0.3) is 0 Å². The number of nitrogens with two attached hydrogens (primary N) is 1. The molecule has 0 bridgehead atoms. The molecule has 13 heavy (non-hydrogen) atoms. The number of carbonyl (C=O) groups is 1.